The van der Waals surface area contributed by atoms with E-state index in [1.54, 1.807) is 18.2 Å². The first-order chi connectivity index (χ1) is 11.6. The molecule has 3 nitrogen and oxygen atoms in total. The van der Waals surface area contributed by atoms with Gasteiger partial charge in [0.2, 0.25) is 5.91 Å². The summed E-state index contributed by atoms with van der Waals surface area (Å²) in [6.45, 7) is 1.29. The lowest BCUT2D eigenvalue weighted by atomic mass is 10.0. The number of rotatable bonds is 2. The van der Waals surface area contributed by atoms with Gasteiger partial charge in [0.1, 0.15) is 5.82 Å². The highest BCUT2D eigenvalue weighted by Gasteiger charge is 2.25. The first kappa shape index (κ1) is 14.9. The van der Waals surface area contributed by atoms with Crippen molar-refractivity contribution in [1.29, 1.82) is 0 Å². The third-order valence-corrected chi connectivity index (χ3v) is 4.96. The van der Waals surface area contributed by atoms with E-state index in [9.17, 15) is 9.18 Å². The van der Waals surface area contributed by atoms with Crippen LogP contribution in [0.25, 0.3) is 10.9 Å². The van der Waals surface area contributed by atoms with Gasteiger partial charge in [-0.2, -0.15) is 0 Å². The smallest absolute Gasteiger partial charge is 0.227 e. The van der Waals surface area contributed by atoms with Gasteiger partial charge in [0.05, 0.1) is 6.42 Å². The van der Waals surface area contributed by atoms with Crippen LogP contribution in [-0.4, -0.2) is 21.9 Å². The van der Waals surface area contributed by atoms with Gasteiger partial charge in [-0.1, -0.05) is 36.4 Å². The van der Waals surface area contributed by atoms with Crippen molar-refractivity contribution in [3.63, 3.8) is 0 Å². The van der Waals surface area contributed by atoms with Crippen LogP contribution in [0.2, 0.25) is 0 Å². The van der Waals surface area contributed by atoms with Crippen molar-refractivity contribution in [2.24, 2.45) is 7.05 Å². The van der Waals surface area contributed by atoms with Crippen LogP contribution in [0.4, 0.5) is 4.39 Å². The maximum absolute atomic E-state index is 13.8. The van der Waals surface area contributed by atoms with Gasteiger partial charge < -0.3 is 9.47 Å². The number of aromatic nitrogens is 1. The minimum Gasteiger partial charge on any atom is -0.347 e. The second-order valence-corrected chi connectivity index (χ2v) is 6.33. The number of hydrogen-bond acceptors (Lipinski definition) is 1. The molecule has 4 heteroatoms. The quantitative estimate of drug-likeness (QED) is 0.709. The fourth-order valence-corrected chi connectivity index (χ4v) is 3.66. The van der Waals surface area contributed by atoms with Crippen LogP contribution in [0.15, 0.2) is 48.5 Å². The van der Waals surface area contributed by atoms with E-state index in [2.05, 4.69) is 23.7 Å². The largest absolute Gasteiger partial charge is 0.347 e. The van der Waals surface area contributed by atoms with Gasteiger partial charge in [0, 0.05) is 48.7 Å². The molecule has 2 aromatic carbocycles. The molecule has 3 aromatic rings. The molecular formula is C20H19FN2O. The second-order valence-electron chi connectivity index (χ2n) is 6.33. The van der Waals surface area contributed by atoms with E-state index in [-0.39, 0.29) is 18.1 Å². The maximum atomic E-state index is 13.8. The monoisotopic (exact) mass is 322 g/mol. The second kappa shape index (κ2) is 5.78. The van der Waals surface area contributed by atoms with Crippen LogP contribution in [-0.2, 0) is 31.2 Å². The van der Waals surface area contributed by atoms with E-state index in [4.69, 9.17) is 0 Å². The molecule has 0 saturated heterocycles. The van der Waals surface area contributed by atoms with Gasteiger partial charge in [-0.15, -0.1) is 0 Å². The summed E-state index contributed by atoms with van der Waals surface area (Å²) in [5.74, 6) is -0.326. The van der Waals surface area contributed by atoms with Gasteiger partial charge in [-0.25, -0.2) is 4.39 Å². The predicted molar refractivity (Wildman–Crippen MR) is 92.1 cm³/mol. The molecule has 1 amide bonds. The van der Waals surface area contributed by atoms with Crippen molar-refractivity contribution in [2.45, 2.75) is 19.4 Å². The molecule has 0 atom stereocenters. The molecule has 122 valence electrons. The number of carbonyl (C=O) groups excluding carboxylic acids is 1. The van der Waals surface area contributed by atoms with Crippen molar-refractivity contribution >= 4 is 16.8 Å². The van der Waals surface area contributed by atoms with Crippen molar-refractivity contribution in [1.82, 2.24) is 9.47 Å². The topological polar surface area (TPSA) is 25.2 Å². The first-order valence-corrected chi connectivity index (χ1v) is 8.21. The summed E-state index contributed by atoms with van der Waals surface area (Å²) >= 11 is 0. The number of amides is 1. The lowest BCUT2D eigenvalue weighted by Crippen LogP contribution is -2.37. The molecule has 0 N–H and O–H groups in total. The zero-order valence-electron chi connectivity index (χ0n) is 13.6. The fourth-order valence-electron chi connectivity index (χ4n) is 3.66. The predicted octanol–water partition coefficient (Wildman–Crippen LogP) is 3.44. The van der Waals surface area contributed by atoms with E-state index < -0.39 is 0 Å². The van der Waals surface area contributed by atoms with Gasteiger partial charge in [-0.3, -0.25) is 4.79 Å². The van der Waals surface area contributed by atoms with Gasteiger partial charge in [0.25, 0.3) is 0 Å². The molecule has 0 spiro atoms. The Hall–Kier alpha value is -2.62. The van der Waals surface area contributed by atoms with Crippen LogP contribution < -0.4 is 0 Å². The summed E-state index contributed by atoms with van der Waals surface area (Å²) in [4.78, 5) is 14.5. The Balaban J connectivity index is 1.61. The van der Waals surface area contributed by atoms with Gasteiger partial charge >= 0.3 is 0 Å². The summed E-state index contributed by atoms with van der Waals surface area (Å²) in [6.07, 6.45) is 0.955. The normalized spacial score (nSPS) is 14.0. The minimum atomic E-state index is -0.311. The average molecular weight is 322 g/mol. The zero-order valence-corrected chi connectivity index (χ0v) is 13.6. The Bertz CT molecular complexity index is 929. The molecule has 0 bridgehead atoms. The summed E-state index contributed by atoms with van der Waals surface area (Å²) in [5.41, 5.74) is 4.18. The third-order valence-electron chi connectivity index (χ3n) is 4.96. The highest BCUT2D eigenvalue weighted by molar-refractivity contribution is 5.87. The summed E-state index contributed by atoms with van der Waals surface area (Å²) in [6, 6.07) is 14.8. The summed E-state index contributed by atoms with van der Waals surface area (Å²) in [7, 11) is 2.08. The average Bonchev–Trinajstić information content (AvgIpc) is 2.90. The van der Waals surface area contributed by atoms with E-state index >= 15 is 0 Å². The highest BCUT2D eigenvalue weighted by Crippen LogP contribution is 2.30. The molecule has 0 radical (unpaired) electrons. The van der Waals surface area contributed by atoms with Crippen LogP contribution >= 0.6 is 0 Å². The first-order valence-electron chi connectivity index (χ1n) is 8.21. The molecule has 0 unspecified atom stereocenters. The number of nitrogens with zero attached hydrogens (tertiary/aromatic N) is 2. The van der Waals surface area contributed by atoms with Crippen LogP contribution in [0.1, 0.15) is 16.8 Å². The van der Waals surface area contributed by atoms with Crippen molar-refractivity contribution < 1.29 is 9.18 Å². The SMILES string of the molecule is Cn1c2c(c3ccccc31)CN(C(=O)Cc1ccccc1F)CC2. The standard InChI is InChI=1S/C20H19FN2O/c1-22-18-9-5-3-7-15(18)16-13-23(11-10-19(16)22)20(24)12-14-6-2-4-8-17(14)21/h2-9H,10-13H2,1H3. The number of halogens is 1. The molecule has 0 saturated carbocycles. The Morgan fingerprint density at radius 2 is 1.88 bits per heavy atom. The molecule has 1 aliphatic heterocycles. The number of hydrogen-bond donors (Lipinski definition) is 0. The summed E-state index contributed by atoms with van der Waals surface area (Å²) < 4.78 is 16.0. The lowest BCUT2D eigenvalue weighted by Gasteiger charge is -2.28. The molecule has 0 fully saturated rings. The van der Waals surface area contributed by atoms with Crippen molar-refractivity contribution in [3.05, 3.63) is 71.2 Å². The highest BCUT2D eigenvalue weighted by atomic mass is 19.1. The van der Waals surface area contributed by atoms with Crippen LogP contribution in [0, 0.1) is 5.82 Å². The number of aryl methyl sites for hydroxylation is 1. The summed E-state index contributed by atoms with van der Waals surface area (Å²) in [5, 5.41) is 1.21. The van der Waals surface area contributed by atoms with E-state index in [0.717, 1.165) is 6.42 Å². The molecular weight excluding hydrogens is 303 g/mol. The van der Waals surface area contributed by atoms with E-state index in [1.165, 1.54) is 28.2 Å². The number of carbonyl (C=O) groups is 1. The Morgan fingerprint density at radius 1 is 1.12 bits per heavy atom. The molecule has 1 aliphatic rings. The number of fused-ring (bicyclic) bond motifs is 3. The van der Waals surface area contributed by atoms with Crippen molar-refractivity contribution in [3.8, 4) is 0 Å². The Kier molecular flexibility index (Phi) is 3.60. The molecule has 2 heterocycles. The minimum absolute atomic E-state index is 0.0151. The number of benzene rings is 2. The van der Waals surface area contributed by atoms with Crippen LogP contribution in [0.3, 0.4) is 0 Å². The van der Waals surface area contributed by atoms with E-state index in [1.807, 2.05) is 17.0 Å². The fraction of sp³-hybridized carbons (Fsp3) is 0.250. The Labute approximate surface area is 140 Å². The molecule has 4 rings (SSSR count). The third kappa shape index (κ3) is 2.39. The van der Waals surface area contributed by atoms with Crippen molar-refractivity contribution in [2.75, 3.05) is 6.54 Å². The molecule has 24 heavy (non-hydrogen) atoms. The Morgan fingerprint density at radius 3 is 2.71 bits per heavy atom. The van der Waals surface area contributed by atoms with Gasteiger partial charge in [-0.05, 0) is 17.7 Å². The molecule has 1 aromatic heterocycles. The number of para-hydroxylation sites is 1. The van der Waals surface area contributed by atoms with E-state index in [0.29, 0.717) is 18.7 Å². The van der Waals surface area contributed by atoms with Crippen LogP contribution in [0.5, 0.6) is 0 Å². The zero-order chi connectivity index (χ0) is 16.7. The lowest BCUT2D eigenvalue weighted by molar-refractivity contribution is -0.131. The van der Waals surface area contributed by atoms with Gasteiger partial charge in [0.15, 0.2) is 0 Å². The molecule has 0 aliphatic carbocycles. The maximum Gasteiger partial charge on any atom is 0.227 e.